The summed E-state index contributed by atoms with van der Waals surface area (Å²) in [5.41, 5.74) is 18.4. The van der Waals surface area contributed by atoms with Crippen LogP contribution < -0.4 is 0 Å². The van der Waals surface area contributed by atoms with Gasteiger partial charge in [-0.1, -0.05) is 140 Å². The molecular weight excluding hydrogens is 773 g/mol. The van der Waals surface area contributed by atoms with Gasteiger partial charge in [-0.25, -0.2) is 9.97 Å². The molecule has 1 atom stereocenters. The van der Waals surface area contributed by atoms with Gasteiger partial charge in [-0.2, -0.15) is 0 Å². The van der Waals surface area contributed by atoms with Crippen LogP contribution in [0.4, 0.5) is 0 Å². The molecule has 0 amide bonds. The van der Waals surface area contributed by atoms with Crippen molar-refractivity contribution in [3.05, 3.63) is 229 Å². The second-order valence-electron chi connectivity index (χ2n) is 16.1. The number of aromatic nitrogens is 4. The molecule has 2 aliphatic rings. The van der Waals surface area contributed by atoms with E-state index in [4.69, 9.17) is 15.0 Å². The largest absolute Gasteiger partial charge is 0.264 e. The summed E-state index contributed by atoms with van der Waals surface area (Å²) in [6.07, 6.45) is 5.48. The van der Waals surface area contributed by atoms with Crippen molar-refractivity contribution in [2.24, 2.45) is 0 Å². The first-order valence-corrected chi connectivity index (χ1v) is 21.8. The van der Waals surface area contributed by atoms with Gasteiger partial charge in [0.15, 0.2) is 5.82 Å². The van der Waals surface area contributed by atoms with Crippen LogP contribution in [0.5, 0.6) is 0 Å². The molecule has 4 aromatic heterocycles. The maximum Gasteiger partial charge on any atom is 0.161 e. The Labute approximate surface area is 362 Å². The molecule has 0 N–H and O–H groups in total. The van der Waals surface area contributed by atoms with Crippen LogP contribution in [0.2, 0.25) is 0 Å². The van der Waals surface area contributed by atoms with E-state index in [1.807, 2.05) is 48.0 Å². The van der Waals surface area contributed by atoms with E-state index >= 15 is 0 Å². The molecular formula is C57H34N4S. The molecule has 4 heterocycles. The topological polar surface area (TPSA) is 51.6 Å². The molecule has 0 aliphatic heterocycles. The summed E-state index contributed by atoms with van der Waals surface area (Å²) in [5.74, 6) is 0.621. The van der Waals surface area contributed by atoms with Gasteiger partial charge in [0.25, 0.3) is 0 Å². The van der Waals surface area contributed by atoms with Gasteiger partial charge < -0.3 is 0 Å². The number of thiophene rings is 1. The molecule has 0 fully saturated rings. The molecule has 0 saturated heterocycles. The van der Waals surface area contributed by atoms with Gasteiger partial charge in [0.1, 0.15) is 0 Å². The Bertz CT molecular complexity index is 3580. The molecule has 62 heavy (non-hydrogen) atoms. The lowest BCUT2D eigenvalue weighted by molar-refractivity contribution is 0.776. The van der Waals surface area contributed by atoms with Crippen LogP contribution in [0, 0.1) is 0 Å². The standard InChI is InChI=1S/C57H34N4S/c1-2-13-35(14-3-1)50-32-51(61-56(60-50)38-25-28-49(59-34-38)37-15-12-30-58-33-37)36-24-26-42-40-17-5-4-16-39(40)41-18-6-9-21-45(41)57(48(42)31-36)46-22-10-7-19-43(46)54-47(57)27-29-53-55(54)44-20-8-11-23-52(44)62-53/h1-34H. The van der Waals surface area contributed by atoms with E-state index in [1.54, 1.807) is 6.20 Å². The first kappa shape index (κ1) is 34.9. The van der Waals surface area contributed by atoms with E-state index < -0.39 is 5.41 Å². The third kappa shape index (κ3) is 5.06. The molecule has 4 nitrogen and oxygen atoms in total. The molecule has 2 aliphatic carbocycles. The van der Waals surface area contributed by atoms with Crippen LogP contribution in [-0.2, 0) is 5.41 Å². The minimum absolute atomic E-state index is 0.621. The van der Waals surface area contributed by atoms with Crippen molar-refractivity contribution in [2.45, 2.75) is 5.41 Å². The lowest BCUT2D eigenvalue weighted by Gasteiger charge is -2.35. The smallest absolute Gasteiger partial charge is 0.161 e. The summed E-state index contributed by atoms with van der Waals surface area (Å²) in [7, 11) is 0. The molecule has 1 unspecified atom stereocenters. The van der Waals surface area contributed by atoms with Crippen LogP contribution in [0.3, 0.4) is 0 Å². The Hall–Kier alpha value is -7.86. The number of hydrogen-bond acceptors (Lipinski definition) is 5. The van der Waals surface area contributed by atoms with Gasteiger partial charge in [0, 0.05) is 61.0 Å². The summed E-state index contributed by atoms with van der Waals surface area (Å²) < 4.78 is 2.61. The van der Waals surface area contributed by atoms with Gasteiger partial charge in [0.05, 0.1) is 22.5 Å². The van der Waals surface area contributed by atoms with Gasteiger partial charge >= 0.3 is 0 Å². The van der Waals surface area contributed by atoms with Crippen molar-refractivity contribution in [3.63, 3.8) is 0 Å². The number of fused-ring (bicyclic) bond motifs is 16. The zero-order valence-corrected chi connectivity index (χ0v) is 34.1. The van der Waals surface area contributed by atoms with Crippen molar-refractivity contribution in [1.29, 1.82) is 0 Å². The van der Waals surface area contributed by atoms with E-state index in [0.717, 1.165) is 39.3 Å². The van der Waals surface area contributed by atoms with Gasteiger partial charge in [-0.05, 0) is 104 Å². The predicted octanol–water partition coefficient (Wildman–Crippen LogP) is 14.3. The molecule has 0 radical (unpaired) electrons. The van der Waals surface area contributed by atoms with Crippen LogP contribution >= 0.6 is 11.3 Å². The molecule has 288 valence electrons. The number of benzene rings is 7. The average Bonchev–Trinajstić information content (AvgIpc) is 3.85. The number of rotatable bonds is 4. The fourth-order valence-electron chi connectivity index (χ4n) is 10.2. The van der Waals surface area contributed by atoms with Gasteiger partial charge in [-0.15, -0.1) is 11.3 Å². The Morgan fingerprint density at radius 3 is 1.82 bits per heavy atom. The molecule has 0 bridgehead atoms. The summed E-state index contributed by atoms with van der Waals surface area (Å²) in [5, 5.41) is 2.64. The fourth-order valence-corrected chi connectivity index (χ4v) is 11.4. The molecule has 5 heteroatoms. The third-order valence-corrected chi connectivity index (χ3v) is 14.0. The van der Waals surface area contributed by atoms with Crippen molar-refractivity contribution < 1.29 is 0 Å². The molecule has 7 aromatic carbocycles. The van der Waals surface area contributed by atoms with Crippen LogP contribution in [0.15, 0.2) is 207 Å². The Kier molecular flexibility index (Phi) is 7.66. The van der Waals surface area contributed by atoms with E-state index in [0.29, 0.717) is 5.82 Å². The van der Waals surface area contributed by atoms with Gasteiger partial charge in [-0.3, -0.25) is 9.97 Å². The summed E-state index contributed by atoms with van der Waals surface area (Å²) >= 11 is 1.88. The number of nitrogens with zero attached hydrogens (tertiary/aromatic N) is 4. The van der Waals surface area contributed by atoms with Crippen LogP contribution in [0.1, 0.15) is 22.3 Å². The second kappa shape index (κ2) is 13.6. The first-order chi connectivity index (χ1) is 30.7. The molecule has 11 aromatic rings. The maximum absolute atomic E-state index is 5.37. The SMILES string of the molecule is c1ccc(-c2cc(-c3ccc4c(c3)C3(c5ccccc5-c5ccccc5-4)c4ccccc4-c4c3ccc3sc5ccccc5c43)nc(-c3ccc(-c4cccnc4)nc3)n2)cc1. The zero-order chi connectivity index (χ0) is 40.8. The molecule has 0 saturated carbocycles. The highest BCUT2D eigenvalue weighted by atomic mass is 32.1. The third-order valence-electron chi connectivity index (χ3n) is 12.9. The van der Waals surface area contributed by atoms with Crippen LogP contribution in [-0.4, -0.2) is 19.9 Å². The highest BCUT2D eigenvalue weighted by Crippen LogP contribution is 2.63. The summed E-state index contributed by atoms with van der Waals surface area (Å²) in [4.78, 5) is 19.7. The van der Waals surface area contributed by atoms with E-state index in [2.05, 4.69) is 169 Å². The Balaban J connectivity index is 1.11. The summed E-state index contributed by atoms with van der Waals surface area (Å²) in [6.45, 7) is 0. The minimum Gasteiger partial charge on any atom is -0.264 e. The quantitative estimate of drug-likeness (QED) is 0.178. The lowest BCUT2D eigenvalue weighted by atomic mass is 9.65. The highest BCUT2D eigenvalue weighted by molar-refractivity contribution is 7.26. The number of hydrogen-bond donors (Lipinski definition) is 0. The van der Waals surface area contributed by atoms with Crippen molar-refractivity contribution >= 4 is 31.5 Å². The highest BCUT2D eigenvalue weighted by Gasteiger charge is 2.50. The lowest BCUT2D eigenvalue weighted by Crippen LogP contribution is -2.29. The first-order valence-electron chi connectivity index (χ1n) is 20.9. The van der Waals surface area contributed by atoms with Crippen molar-refractivity contribution in [2.75, 3.05) is 0 Å². The number of pyridine rings is 2. The summed E-state index contributed by atoms with van der Waals surface area (Å²) in [6, 6.07) is 68.4. The normalized spacial score (nSPS) is 14.5. The van der Waals surface area contributed by atoms with E-state index in [-0.39, 0.29) is 0 Å². The monoisotopic (exact) mass is 806 g/mol. The predicted molar refractivity (Wildman–Crippen MR) is 254 cm³/mol. The minimum atomic E-state index is -0.645. The molecule has 1 spiro atoms. The fraction of sp³-hybridized carbons (Fsp3) is 0.0175. The zero-order valence-electron chi connectivity index (χ0n) is 33.3. The molecule has 13 rings (SSSR count). The van der Waals surface area contributed by atoms with E-state index in [9.17, 15) is 0 Å². The van der Waals surface area contributed by atoms with Crippen LogP contribution in [0.25, 0.3) is 98.7 Å². The average molecular weight is 807 g/mol. The van der Waals surface area contributed by atoms with E-state index in [1.165, 1.54) is 75.8 Å². The van der Waals surface area contributed by atoms with Crippen molar-refractivity contribution in [3.8, 4) is 78.5 Å². The Morgan fingerprint density at radius 2 is 1.05 bits per heavy atom. The van der Waals surface area contributed by atoms with Gasteiger partial charge in [0.2, 0.25) is 0 Å². The maximum atomic E-state index is 5.37. The second-order valence-corrected chi connectivity index (χ2v) is 17.2. The Morgan fingerprint density at radius 1 is 0.387 bits per heavy atom. The van der Waals surface area contributed by atoms with Crippen molar-refractivity contribution in [1.82, 2.24) is 19.9 Å².